The average molecular weight is 304 g/mol. The second-order valence-electron chi connectivity index (χ2n) is 5.65. The van der Waals surface area contributed by atoms with Crippen LogP contribution in [0.2, 0.25) is 0 Å². The van der Waals surface area contributed by atoms with Crippen LogP contribution >= 0.6 is 11.8 Å². The second-order valence-corrected chi connectivity index (χ2v) is 6.72. The Bertz CT molecular complexity index is 583. The standard InChI is InChI=1S/C16H20N2O2S/c1-3-16(4-2)14(19)17-15(20)18(16)9-11-10-21-13-8-6-5-7-12(11)13/h5-8,11H,3-4,9-10H2,1-2H3,(H,17,19,20). The zero-order valence-electron chi connectivity index (χ0n) is 12.4. The van der Waals surface area contributed by atoms with Crippen LogP contribution in [-0.4, -0.2) is 34.7 Å². The Hall–Kier alpha value is -1.49. The Morgan fingerprint density at radius 2 is 2.00 bits per heavy atom. The predicted molar refractivity (Wildman–Crippen MR) is 83.5 cm³/mol. The van der Waals surface area contributed by atoms with Crippen molar-refractivity contribution in [3.63, 3.8) is 0 Å². The lowest BCUT2D eigenvalue weighted by Crippen LogP contribution is -2.50. The molecule has 3 amide bonds. The molecule has 1 aromatic rings. The lowest BCUT2D eigenvalue weighted by atomic mass is 9.89. The normalized spacial score (nSPS) is 23.3. The lowest BCUT2D eigenvalue weighted by Gasteiger charge is -2.35. The molecule has 1 aromatic carbocycles. The van der Waals surface area contributed by atoms with Gasteiger partial charge in [-0.25, -0.2) is 4.79 Å². The van der Waals surface area contributed by atoms with Crippen LogP contribution in [0.15, 0.2) is 29.2 Å². The minimum atomic E-state index is -0.667. The zero-order chi connectivity index (χ0) is 15.0. The maximum atomic E-state index is 12.2. The van der Waals surface area contributed by atoms with Gasteiger partial charge in [0.05, 0.1) is 0 Å². The topological polar surface area (TPSA) is 49.4 Å². The number of carbonyl (C=O) groups is 2. The Morgan fingerprint density at radius 3 is 2.71 bits per heavy atom. The van der Waals surface area contributed by atoms with Crippen LogP contribution < -0.4 is 5.32 Å². The van der Waals surface area contributed by atoms with E-state index < -0.39 is 5.54 Å². The van der Waals surface area contributed by atoms with Gasteiger partial charge in [0.15, 0.2) is 0 Å². The molecule has 0 bridgehead atoms. The van der Waals surface area contributed by atoms with Gasteiger partial charge in [0, 0.05) is 23.1 Å². The van der Waals surface area contributed by atoms with Crippen molar-refractivity contribution in [2.75, 3.05) is 12.3 Å². The fraction of sp³-hybridized carbons (Fsp3) is 0.500. The van der Waals surface area contributed by atoms with Gasteiger partial charge in [-0.15, -0.1) is 11.8 Å². The number of amides is 3. The average Bonchev–Trinajstić information content (AvgIpc) is 3.00. The number of benzene rings is 1. The number of hydrogen-bond acceptors (Lipinski definition) is 3. The first-order chi connectivity index (χ1) is 10.1. The number of carbonyl (C=O) groups excluding carboxylic acids is 2. The Kier molecular flexibility index (Phi) is 3.69. The molecule has 1 unspecified atom stereocenters. The summed E-state index contributed by atoms with van der Waals surface area (Å²) in [6.07, 6.45) is 1.31. The number of urea groups is 1. The molecule has 0 radical (unpaired) electrons. The monoisotopic (exact) mass is 304 g/mol. The van der Waals surface area contributed by atoms with Gasteiger partial charge in [0.1, 0.15) is 5.54 Å². The maximum Gasteiger partial charge on any atom is 0.325 e. The van der Waals surface area contributed by atoms with Crippen molar-refractivity contribution in [1.29, 1.82) is 0 Å². The number of thioether (sulfide) groups is 1. The van der Waals surface area contributed by atoms with Crippen molar-refractivity contribution < 1.29 is 9.59 Å². The van der Waals surface area contributed by atoms with Gasteiger partial charge in [0.2, 0.25) is 0 Å². The van der Waals surface area contributed by atoms with Crippen LogP contribution in [0, 0.1) is 0 Å². The van der Waals surface area contributed by atoms with E-state index in [1.807, 2.05) is 37.7 Å². The Labute approximate surface area is 129 Å². The van der Waals surface area contributed by atoms with E-state index in [0.29, 0.717) is 25.3 Å². The highest BCUT2D eigenvalue weighted by Gasteiger charge is 2.51. The van der Waals surface area contributed by atoms with Crippen molar-refractivity contribution in [3.05, 3.63) is 29.8 Å². The van der Waals surface area contributed by atoms with Crippen molar-refractivity contribution in [2.24, 2.45) is 0 Å². The van der Waals surface area contributed by atoms with Crippen LogP contribution in [0.5, 0.6) is 0 Å². The molecule has 1 saturated heterocycles. The fourth-order valence-corrected chi connectivity index (χ4v) is 4.65. The molecule has 2 aliphatic rings. The third-order valence-corrected chi connectivity index (χ3v) is 6.03. The molecule has 0 spiro atoms. The minimum absolute atomic E-state index is 0.142. The molecular weight excluding hydrogens is 284 g/mol. The summed E-state index contributed by atoms with van der Waals surface area (Å²) in [4.78, 5) is 27.5. The molecule has 0 saturated carbocycles. The number of nitrogens with zero attached hydrogens (tertiary/aromatic N) is 1. The number of fused-ring (bicyclic) bond motifs is 1. The molecule has 1 N–H and O–H groups in total. The number of rotatable bonds is 4. The third kappa shape index (κ3) is 2.14. The lowest BCUT2D eigenvalue weighted by molar-refractivity contribution is -0.127. The summed E-state index contributed by atoms with van der Waals surface area (Å²) in [6, 6.07) is 8.11. The SMILES string of the molecule is CCC1(CC)C(=O)NC(=O)N1CC1CSc2ccccc21. The van der Waals surface area contributed by atoms with Gasteiger partial charge in [0.25, 0.3) is 5.91 Å². The van der Waals surface area contributed by atoms with Crippen molar-refractivity contribution in [1.82, 2.24) is 10.2 Å². The van der Waals surface area contributed by atoms with Gasteiger partial charge in [-0.05, 0) is 24.5 Å². The summed E-state index contributed by atoms with van der Waals surface area (Å²) in [6.45, 7) is 4.57. The molecule has 4 nitrogen and oxygen atoms in total. The molecule has 112 valence electrons. The van der Waals surface area contributed by atoms with E-state index in [0.717, 1.165) is 5.75 Å². The number of hydrogen-bond donors (Lipinski definition) is 1. The first-order valence-corrected chi connectivity index (χ1v) is 8.45. The van der Waals surface area contributed by atoms with E-state index in [1.165, 1.54) is 10.5 Å². The highest BCUT2D eigenvalue weighted by Crippen LogP contribution is 2.41. The summed E-state index contributed by atoms with van der Waals surface area (Å²) >= 11 is 1.83. The molecule has 3 rings (SSSR count). The zero-order valence-corrected chi connectivity index (χ0v) is 13.2. The van der Waals surface area contributed by atoms with Gasteiger partial charge in [-0.2, -0.15) is 0 Å². The third-order valence-electron chi connectivity index (χ3n) is 4.78. The molecule has 1 fully saturated rings. The highest BCUT2D eigenvalue weighted by atomic mass is 32.2. The van der Waals surface area contributed by atoms with E-state index in [4.69, 9.17) is 0 Å². The first-order valence-electron chi connectivity index (χ1n) is 7.47. The van der Waals surface area contributed by atoms with Gasteiger partial charge in [-0.3, -0.25) is 10.1 Å². The second kappa shape index (κ2) is 5.37. The number of nitrogens with one attached hydrogen (secondary N) is 1. The Morgan fingerprint density at radius 1 is 1.29 bits per heavy atom. The molecular formula is C16H20N2O2S. The van der Waals surface area contributed by atoms with Crippen LogP contribution in [0.4, 0.5) is 4.79 Å². The maximum absolute atomic E-state index is 12.2. The van der Waals surface area contributed by atoms with E-state index in [1.54, 1.807) is 4.90 Å². The minimum Gasteiger partial charge on any atom is -0.309 e. The fourth-order valence-electron chi connectivity index (χ4n) is 3.41. The summed E-state index contributed by atoms with van der Waals surface area (Å²) < 4.78 is 0. The predicted octanol–water partition coefficient (Wildman–Crippen LogP) is 2.99. The van der Waals surface area contributed by atoms with Crippen LogP contribution in [-0.2, 0) is 4.79 Å². The van der Waals surface area contributed by atoms with Crippen molar-refractivity contribution in [2.45, 2.75) is 43.0 Å². The summed E-state index contributed by atoms with van der Waals surface area (Å²) in [5, 5.41) is 2.50. The molecule has 0 aliphatic carbocycles. The van der Waals surface area contributed by atoms with Crippen LogP contribution in [0.1, 0.15) is 38.2 Å². The quantitative estimate of drug-likeness (QED) is 0.870. The highest BCUT2D eigenvalue weighted by molar-refractivity contribution is 7.99. The van der Waals surface area contributed by atoms with E-state index in [2.05, 4.69) is 17.4 Å². The molecule has 1 atom stereocenters. The van der Waals surface area contributed by atoms with Crippen molar-refractivity contribution >= 4 is 23.7 Å². The van der Waals surface area contributed by atoms with Gasteiger partial charge >= 0.3 is 6.03 Å². The van der Waals surface area contributed by atoms with Crippen molar-refractivity contribution in [3.8, 4) is 0 Å². The molecule has 2 aliphatic heterocycles. The van der Waals surface area contributed by atoms with E-state index >= 15 is 0 Å². The smallest absolute Gasteiger partial charge is 0.309 e. The van der Waals surface area contributed by atoms with Crippen LogP contribution in [0.3, 0.4) is 0 Å². The van der Waals surface area contributed by atoms with E-state index in [9.17, 15) is 9.59 Å². The molecule has 2 heterocycles. The number of imide groups is 1. The van der Waals surface area contributed by atoms with E-state index in [-0.39, 0.29) is 11.9 Å². The first kappa shape index (κ1) is 14.4. The van der Waals surface area contributed by atoms with Gasteiger partial charge in [-0.1, -0.05) is 32.0 Å². The largest absolute Gasteiger partial charge is 0.325 e. The molecule has 21 heavy (non-hydrogen) atoms. The van der Waals surface area contributed by atoms with Gasteiger partial charge < -0.3 is 4.90 Å². The summed E-state index contributed by atoms with van der Waals surface area (Å²) in [5.41, 5.74) is 0.634. The summed E-state index contributed by atoms with van der Waals surface area (Å²) in [5.74, 6) is 1.14. The summed E-state index contributed by atoms with van der Waals surface area (Å²) in [7, 11) is 0. The van der Waals surface area contributed by atoms with Crippen LogP contribution in [0.25, 0.3) is 0 Å². The Balaban J connectivity index is 1.87. The molecule has 5 heteroatoms. The molecule has 0 aromatic heterocycles.